The lowest BCUT2D eigenvalue weighted by Gasteiger charge is -2.33. The molecule has 3 aromatic carbocycles. The van der Waals surface area contributed by atoms with Crippen molar-refractivity contribution in [2.45, 2.75) is 37.8 Å². The van der Waals surface area contributed by atoms with Gasteiger partial charge in [0.05, 0.1) is 10.6 Å². The third kappa shape index (κ3) is 7.03. The largest absolute Gasteiger partial charge is 0.357 e. The highest BCUT2D eigenvalue weighted by atomic mass is 35.5. The number of anilines is 1. The lowest BCUT2D eigenvalue weighted by molar-refractivity contribution is -0.140. The van der Waals surface area contributed by atoms with Crippen LogP contribution in [0, 0.1) is 6.92 Å². The van der Waals surface area contributed by atoms with E-state index in [4.69, 9.17) is 23.2 Å². The van der Waals surface area contributed by atoms with Gasteiger partial charge in [-0.2, -0.15) is 0 Å². The molecule has 7 nitrogen and oxygen atoms in total. The molecule has 3 aromatic rings. The number of likely N-dealkylation sites (N-methyl/N-ethyl adjacent to an activating group) is 1. The van der Waals surface area contributed by atoms with Crippen LogP contribution in [0.15, 0.2) is 77.7 Å². The standard InChI is InChI=1S/C27H29Cl2N3O4S/c1-4-25(27(34)30-3)31(17-20-12-10-19(2)11-13-20)26(33)18-32(23-15-21(28)14-22(29)16-23)37(35,36)24-8-6-5-7-9-24/h5-16,25H,4,17-18H2,1-3H3,(H,30,34). The minimum absolute atomic E-state index is 0.00215. The average Bonchev–Trinajstić information content (AvgIpc) is 2.87. The van der Waals surface area contributed by atoms with Crippen LogP contribution in [-0.4, -0.2) is 44.8 Å². The molecule has 196 valence electrons. The molecule has 10 heteroatoms. The van der Waals surface area contributed by atoms with Crippen molar-refractivity contribution < 1.29 is 18.0 Å². The molecule has 0 aliphatic carbocycles. The molecule has 1 N–H and O–H groups in total. The number of rotatable bonds is 10. The van der Waals surface area contributed by atoms with Crippen LogP contribution in [0.2, 0.25) is 10.0 Å². The average molecular weight is 563 g/mol. The van der Waals surface area contributed by atoms with Gasteiger partial charge < -0.3 is 10.2 Å². The zero-order valence-electron chi connectivity index (χ0n) is 20.8. The molecule has 0 aliphatic heterocycles. The van der Waals surface area contributed by atoms with Crippen LogP contribution in [0.5, 0.6) is 0 Å². The van der Waals surface area contributed by atoms with Gasteiger partial charge in [0.25, 0.3) is 10.0 Å². The Morgan fingerprint density at radius 1 is 0.946 bits per heavy atom. The van der Waals surface area contributed by atoms with Gasteiger partial charge in [-0.25, -0.2) is 8.42 Å². The second-order valence-electron chi connectivity index (χ2n) is 8.50. The summed E-state index contributed by atoms with van der Waals surface area (Å²) in [5, 5.41) is 3.04. The normalized spacial score (nSPS) is 12.0. The van der Waals surface area contributed by atoms with E-state index in [0.29, 0.717) is 6.42 Å². The minimum atomic E-state index is -4.18. The number of carbonyl (C=O) groups excluding carboxylic acids is 2. The van der Waals surface area contributed by atoms with E-state index in [-0.39, 0.29) is 33.1 Å². The van der Waals surface area contributed by atoms with Gasteiger partial charge in [0.2, 0.25) is 11.8 Å². The predicted octanol–water partition coefficient (Wildman–Crippen LogP) is 5.05. The fourth-order valence-corrected chi connectivity index (χ4v) is 5.84. The van der Waals surface area contributed by atoms with Gasteiger partial charge in [0.15, 0.2) is 0 Å². The molecule has 0 aromatic heterocycles. The highest BCUT2D eigenvalue weighted by molar-refractivity contribution is 7.92. The summed E-state index contributed by atoms with van der Waals surface area (Å²) in [6.45, 7) is 3.31. The predicted molar refractivity (Wildman–Crippen MR) is 147 cm³/mol. The quantitative estimate of drug-likeness (QED) is 0.375. The number of hydrogen-bond acceptors (Lipinski definition) is 4. The first-order chi connectivity index (χ1) is 17.6. The summed E-state index contributed by atoms with van der Waals surface area (Å²) in [7, 11) is -2.69. The molecule has 0 bridgehead atoms. The molecule has 1 unspecified atom stereocenters. The van der Waals surface area contributed by atoms with E-state index in [1.54, 1.807) is 25.1 Å². The molecule has 0 spiro atoms. The Kier molecular flexibility index (Phi) is 9.59. The van der Waals surface area contributed by atoms with Crippen molar-refractivity contribution >= 4 is 50.7 Å². The van der Waals surface area contributed by atoms with Crippen molar-refractivity contribution in [1.29, 1.82) is 0 Å². The monoisotopic (exact) mass is 561 g/mol. The van der Waals surface area contributed by atoms with Crippen LogP contribution in [0.4, 0.5) is 5.69 Å². The maximum absolute atomic E-state index is 13.8. The lowest BCUT2D eigenvalue weighted by Crippen LogP contribution is -2.51. The summed E-state index contributed by atoms with van der Waals surface area (Å²) in [4.78, 5) is 28.0. The van der Waals surface area contributed by atoms with Gasteiger partial charge >= 0.3 is 0 Å². The molecule has 3 rings (SSSR count). The summed E-state index contributed by atoms with van der Waals surface area (Å²) in [5.41, 5.74) is 2.00. The van der Waals surface area contributed by atoms with E-state index in [1.165, 1.54) is 42.3 Å². The van der Waals surface area contributed by atoms with Crippen LogP contribution in [0.3, 0.4) is 0 Å². The molecule has 0 heterocycles. The maximum Gasteiger partial charge on any atom is 0.264 e. The van der Waals surface area contributed by atoms with Gasteiger partial charge in [-0.1, -0.05) is 78.2 Å². The van der Waals surface area contributed by atoms with Crippen LogP contribution < -0.4 is 9.62 Å². The number of aryl methyl sites for hydroxylation is 1. The van der Waals surface area contributed by atoms with Crippen molar-refractivity contribution in [3.63, 3.8) is 0 Å². The first-order valence-electron chi connectivity index (χ1n) is 11.7. The number of amides is 2. The lowest BCUT2D eigenvalue weighted by atomic mass is 10.1. The molecule has 0 radical (unpaired) electrons. The number of hydrogen-bond donors (Lipinski definition) is 1. The molecule has 0 fully saturated rings. The highest BCUT2D eigenvalue weighted by Gasteiger charge is 2.33. The Hall–Kier alpha value is -3.07. The van der Waals surface area contributed by atoms with E-state index in [9.17, 15) is 18.0 Å². The Morgan fingerprint density at radius 3 is 2.08 bits per heavy atom. The van der Waals surface area contributed by atoms with Gasteiger partial charge in [0, 0.05) is 23.6 Å². The number of sulfonamides is 1. The Bertz CT molecular complexity index is 1330. The van der Waals surface area contributed by atoms with Crippen molar-refractivity contribution in [2.24, 2.45) is 0 Å². The Labute approximate surface area is 228 Å². The SMILES string of the molecule is CCC(C(=O)NC)N(Cc1ccc(C)cc1)C(=O)CN(c1cc(Cl)cc(Cl)c1)S(=O)(=O)c1ccccc1. The highest BCUT2D eigenvalue weighted by Crippen LogP contribution is 2.30. The summed E-state index contributed by atoms with van der Waals surface area (Å²) in [5.74, 6) is -0.891. The third-order valence-corrected chi connectivity index (χ3v) is 8.08. The van der Waals surface area contributed by atoms with Gasteiger partial charge in [-0.3, -0.25) is 13.9 Å². The molecule has 0 aliphatic rings. The van der Waals surface area contributed by atoms with E-state index in [0.717, 1.165) is 15.4 Å². The second-order valence-corrected chi connectivity index (χ2v) is 11.2. The van der Waals surface area contributed by atoms with Gasteiger partial charge in [0.1, 0.15) is 12.6 Å². The van der Waals surface area contributed by atoms with Crippen LogP contribution in [0.1, 0.15) is 24.5 Å². The van der Waals surface area contributed by atoms with Crippen molar-refractivity contribution in [1.82, 2.24) is 10.2 Å². The number of nitrogens with one attached hydrogen (secondary N) is 1. The van der Waals surface area contributed by atoms with E-state index in [1.807, 2.05) is 31.2 Å². The summed E-state index contributed by atoms with van der Waals surface area (Å²) in [6, 6.07) is 18.9. The first-order valence-corrected chi connectivity index (χ1v) is 13.9. The molecular weight excluding hydrogens is 533 g/mol. The fraction of sp³-hybridized carbons (Fsp3) is 0.259. The molecule has 1 atom stereocenters. The maximum atomic E-state index is 13.8. The topological polar surface area (TPSA) is 86.8 Å². The Balaban J connectivity index is 2.07. The molecular formula is C27H29Cl2N3O4S. The van der Waals surface area contributed by atoms with E-state index >= 15 is 0 Å². The Morgan fingerprint density at radius 2 is 1.54 bits per heavy atom. The first kappa shape index (κ1) is 28.5. The zero-order chi connectivity index (χ0) is 27.2. The molecule has 2 amide bonds. The van der Waals surface area contributed by atoms with Crippen molar-refractivity contribution in [2.75, 3.05) is 17.9 Å². The smallest absolute Gasteiger partial charge is 0.264 e. The molecule has 0 saturated heterocycles. The number of nitrogens with zero attached hydrogens (tertiary/aromatic N) is 2. The molecule has 0 saturated carbocycles. The van der Waals surface area contributed by atoms with Crippen molar-refractivity contribution in [3.05, 3.63) is 94.0 Å². The fourth-order valence-electron chi connectivity index (χ4n) is 3.91. The third-order valence-electron chi connectivity index (χ3n) is 5.85. The van der Waals surface area contributed by atoms with Crippen LogP contribution in [-0.2, 0) is 26.2 Å². The van der Waals surface area contributed by atoms with Gasteiger partial charge in [-0.05, 0) is 49.2 Å². The summed E-state index contributed by atoms with van der Waals surface area (Å²) in [6.07, 6.45) is 0.339. The minimum Gasteiger partial charge on any atom is -0.357 e. The number of carbonyl (C=O) groups is 2. The number of halogens is 2. The van der Waals surface area contributed by atoms with E-state index < -0.39 is 28.5 Å². The zero-order valence-corrected chi connectivity index (χ0v) is 23.1. The number of benzene rings is 3. The van der Waals surface area contributed by atoms with Crippen molar-refractivity contribution in [3.8, 4) is 0 Å². The van der Waals surface area contributed by atoms with Crippen LogP contribution in [0.25, 0.3) is 0 Å². The van der Waals surface area contributed by atoms with Gasteiger partial charge in [-0.15, -0.1) is 0 Å². The summed E-state index contributed by atoms with van der Waals surface area (Å²) < 4.78 is 28.4. The molecule has 37 heavy (non-hydrogen) atoms. The summed E-state index contributed by atoms with van der Waals surface area (Å²) >= 11 is 12.4. The van der Waals surface area contributed by atoms with Crippen LogP contribution >= 0.6 is 23.2 Å². The second kappa shape index (κ2) is 12.4. The van der Waals surface area contributed by atoms with E-state index in [2.05, 4.69) is 5.32 Å².